The second kappa shape index (κ2) is 7.37. The minimum atomic E-state index is -3.56. The molecule has 0 saturated heterocycles. The van der Waals surface area contributed by atoms with Crippen LogP contribution in [0.25, 0.3) is 6.08 Å². The minimum absolute atomic E-state index is 0.0803. The molecule has 0 aromatic heterocycles. The van der Waals surface area contributed by atoms with Crippen LogP contribution in [-0.2, 0) is 10.0 Å². The van der Waals surface area contributed by atoms with Gasteiger partial charge in [0.2, 0.25) is 10.0 Å². The summed E-state index contributed by atoms with van der Waals surface area (Å²) in [6.45, 7) is 0. The molecular formula is C17H16N2O5S. The fraction of sp³-hybridized carbons (Fsp3) is 0.118. The van der Waals surface area contributed by atoms with E-state index < -0.39 is 14.9 Å². The van der Waals surface area contributed by atoms with E-state index in [1.807, 2.05) is 0 Å². The monoisotopic (exact) mass is 360 g/mol. The summed E-state index contributed by atoms with van der Waals surface area (Å²) in [5.74, 6) is -0.382. The first-order chi connectivity index (χ1) is 11.7. The second-order valence-electron chi connectivity index (χ2n) is 5.33. The molecule has 0 aliphatic heterocycles. The van der Waals surface area contributed by atoms with E-state index in [0.29, 0.717) is 5.56 Å². The van der Waals surface area contributed by atoms with Crippen molar-refractivity contribution in [3.63, 3.8) is 0 Å². The average molecular weight is 360 g/mol. The van der Waals surface area contributed by atoms with Gasteiger partial charge in [-0.25, -0.2) is 12.7 Å². The van der Waals surface area contributed by atoms with E-state index >= 15 is 0 Å². The molecule has 0 heterocycles. The quantitative estimate of drug-likeness (QED) is 0.341. The summed E-state index contributed by atoms with van der Waals surface area (Å²) in [7, 11) is -0.720. The molecule has 0 unspecified atom stereocenters. The van der Waals surface area contributed by atoms with Gasteiger partial charge in [0.1, 0.15) is 0 Å². The zero-order valence-corrected chi connectivity index (χ0v) is 14.4. The Morgan fingerprint density at radius 1 is 1.08 bits per heavy atom. The Morgan fingerprint density at radius 2 is 1.68 bits per heavy atom. The lowest BCUT2D eigenvalue weighted by molar-refractivity contribution is -0.385. The molecule has 0 bridgehead atoms. The first-order valence-corrected chi connectivity index (χ1v) is 8.66. The van der Waals surface area contributed by atoms with Gasteiger partial charge in [-0.15, -0.1) is 0 Å². The number of nitro benzene ring substituents is 1. The summed E-state index contributed by atoms with van der Waals surface area (Å²) >= 11 is 0. The Balaban J connectivity index is 2.24. The molecule has 130 valence electrons. The van der Waals surface area contributed by atoms with Crippen LogP contribution in [-0.4, -0.2) is 37.5 Å². The van der Waals surface area contributed by atoms with Gasteiger partial charge in [-0.1, -0.05) is 12.1 Å². The highest BCUT2D eigenvalue weighted by molar-refractivity contribution is 7.89. The fourth-order valence-electron chi connectivity index (χ4n) is 2.06. The third-order valence-corrected chi connectivity index (χ3v) is 5.29. The zero-order valence-electron chi connectivity index (χ0n) is 13.6. The summed E-state index contributed by atoms with van der Waals surface area (Å²) in [6.07, 6.45) is 2.59. The SMILES string of the molecule is CN(C)S(=O)(=O)c1ccc(C(=O)/C=C/c2ccccc2[N+](=O)[O-])cc1. The Bertz CT molecular complexity index is 932. The highest BCUT2D eigenvalue weighted by Crippen LogP contribution is 2.20. The molecule has 0 spiro atoms. The van der Waals surface area contributed by atoms with Crippen molar-refractivity contribution in [2.75, 3.05) is 14.1 Å². The van der Waals surface area contributed by atoms with Gasteiger partial charge in [0.25, 0.3) is 5.69 Å². The number of para-hydroxylation sites is 1. The number of benzene rings is 2. The normalized spacial score (nSPS) is 11.8. The van der Waals surface area contributed by atoms with E-state index in [-0.39, 0.29) is 21.9 Å². The van der Waals surface area contributed by atoms with Gasteiger partial charge in [-0.05, 0) is 42.5 Å². The van der Waals surface area contributed by atoms with E-state index in [1.165, 1.54) is 62.6 Å². The highest BCUT2D eigenvalue weighted by Gasteiger charge is 2.17. The van der Waals surface area contributed by atoms with E-state index in [9.17, 15) is 23.3 Å². The maximum absolute atomic E-state index is 12.2. The summed E-state index contributed by atoms with van der Waals surface area (Å²) in [4.78, 5) is 22.7. The third-order valence-electron chi connectivity index (χ3n) is 3.47. The minimum Gasteiger partial charge on any atom is -0.289 e. The molecule has 2 aromatic carbocycles. The van der Waals surface area contributed by atoms with Crippen LogP contribution in [0, 0.1) is 10.1 Å². The number of nitro groups is 1. The number of sulfonamides is 1. The molecule has 0 radical (unpaired) electrons. The van der Waals surface area contributed by atoms with E-state index in [2.05, 4.69) is 0 Å². The van der Waals surface area contributed by atoms with Crippen LogP contribution in [0.3, 0.4) is 0 Å². The second-order valence-corrected chi connectivity index (χ2v) is 7.48. The molecule has 0 fully saturated rings. The Labute approximate surface area is 145 Å². The number of hydrogen-bond donors (Lipinski definition) is 0. The molecule has 0 N–H and O–H groups in total. The van der Waals surface area contributed by atoms with Crippen molar-refractivity contribution in [1.29, 1.82) is 0 Å². The number of hydrogen-bond acceptors (Lipinski definition) is 5. The Kier molecular flexibility index (Phi) is 5.45. The van der Waals surface area contributed by atoms with Gasteiger partial charge in [-0.2, -0.15) is 0 Å². The van der Waals surface area contributed by atoms with Crippen molar-refractivity contribution in [3.05, 3.63) is 75.8 Å². The lowest BCUT2D eigenvalue weighted by Crippen LogP contribution is -2.22. The standard InChI is InChI=1S/C17H16N2O5S/c1-18(2)25(23,24)15-10-7-14(8-11-15)17(20)12-9-13-5-3-4-6-16(13)19(21)22/h3-12H,1-2H3/b12-9+. The van der Waals surface area contributed by atoms with Crippen molar-refractivity contribution >= 4 is 27.6 Å². The van der Waals surface area contributed by atoms with E-state index in [0.717, 1.165) is 4.31 Å². The molecule has 0 saturated carbocycles. The van der Waals surface area contributed by atoms with Crippen molar-refractivity contribution in [1.82, 2.24) is 4.31 Å². The molecule has 0 atom stereocenters. The maximum atomic E-state index is 12.2. The van der Waals surface area contributed by atoms with Crippen LogP contribution in [0.2, 0.25) is 0 Å². The number of rotatable bonds is 6. The fourth-order valence-corrected chi connectivity index (χ4v) is 2.96. The molecule has 2 rings (SSSR count). The Hall–Kier alpha value is -2.84. The van der Waals surface area contributed by atoms with Gasteiger partial charge < -0.3 is 0 Å². The third kappa shape index (κ3) is 4.17. The smallest absolute Gasteiger partial charge is 0.276 e. The van der Waals surface area contributed by atoms with Gasteiger partial charge >= 0.3 is 0 Å². The van der Waals surface area contributed by atoms with E-state index in [4.69, 9.17) is 0 Å². The van der Waals surface area contributed by atoms with Gasteiger partial charge in [0.05, 0.1) is 15.4 Å². The molecule has 2 aromatic rings. The number of carbonyl (C=O) groups is 1. The molecule has 8 heteroatoms. The van der Waals surface area contributed by atoms with Gasteiger partial charge in [-0.3, -0.25) is 14.9 Å². The molecular weight excluding hydrogens is 344 g/mol. The molecule has 0 aliphatic carbocycles. The Morgan fingerprint density at radius 3 is 2.24 bits per heavy atom. The summed E-state index contributed by atoms with van der Waals surface area (Å²) in [6, 6.07) is 11.6. The number of nitrogens with zero attached hydrogens (tertiary/aromatic N) is 2. The number of carbonyl (C=O) groups excluding carboxylic acids is 1. The summed E-state index contributed by atoms with van der Waals surface area (Å²) in [5.41, 5.74) is 0.499. The van der Waals surface area contributed by atoms with Crippen LogP contribution >= 0.6 is 0 Å². The first-order valence-electron chi connectivity index (χ1n) is 7.22. The van der Waals surface area contributed by atoms with Gasteiger partial charge in [0, 0.05) is 25.7 Å². The summed E-state index contributed by atoms with van der Waals surface area (Å²) < 4.78 is 25.1. The van der Waals surface area contributed by atoms with Crippen LogP contribution in [0.15, 0.2) is 59.5 Å². The molecule has 7 nitrogen and oxygen atoms in total. The molecule has 25 heavy (non-hydrogen) atoms. The average Bonchev–Trinajstić information content (AvgIpc) is 2.59. The van der Waals surface area contributed by atoms with Crippen LogP contribution in [0.4, 0.5) is 5.69 Å². The maximum Gasteiger partial charge on any atom is 0.276 e. The van der Waals surface area contributed by atoms with Crippen LogP contribution < -0.4 is 0 Å². The molecule has 0 amide bonds. The van der Waals surface area contributed by atoms with Gasteiger partial charge in [0.15, 0.2) is 5.78 Å². The van der Waals surface area contributed by atoms with Crippen LogP contribution in [0.5, 0.6) is 0 Å². The predicted octanol–water partition coefficient (Wildman–Crippen LogP) is 2.74. The topological polar surface area (TPSA) is 97.6 Å². The van der Waals surface area contributed by atoms with Crippen molar-refractivity contribution in [3.8, 4) is 0 Å². The first kappa shape index (κ1) is 18.5. The van der Waals surface area contributed by atoms with Crippen LogP contribution in [0.1, 0.15) is 15.9 Å². The van der Waals surface area contributed by atoms with Crippen molar-refractivity contribution in [2.24, 2.45) is 0 Å². The summed E-state index contributed by atoms with van der Waals surface area (Å²) in [5, 5.41) is 10.9. The number of allylic oxidation sites excluding steroid dienone is 1. The highest BCUT2D eigenvalue weighted by atomic mass is 32.2. The van der Waals surface area contributed by atoms with E-state index in [1.54, 1.807) is 12.1 Å². The lowest BCUT2D eigenvalue weighted by atomic mass is 10.1. The lowest BCUT2D eigenvalue weighted by Gasteiger charge is -2.11. The molecule has 0 aliphatic rings. The van der Waals surface area contributed by atoms with Crippen molar-refractivity contribution < 1.29 is 18.1 Å². The number of ketones is 1. The largest absolute Gasteiger partial charge is 0.289 e. The van der Waals surface area contributed by atoms with Crippen molar-refractivity contribution in [2.45, 2.75) is 4.90 Å². The zero-order chi connectivity index (χ0) is 18.6. The predicted molar refractivity (Wildman–Crippen MR) is 93.8 cm³/mol.